The number of aromatic carboxylic acids is 1. The van der Waals surface area contributed by atoms with E-state index in [4.69, 9.17) is 14.6 Å². The molecule has 0 bridgehead atoms. The van der Waals surface area contributed by atoms with Crippen molar-refractivity contribution >= 4 is 17.8 Å². The molecule has 0 aliphatic rings. The van der Waals surface area contributed by atoms with Gasteiger partial charge in [0.1, 0.15) is 11.3 Å². The first-order chi connectivity index (χ1) is 12.0. The zero-order valence-electron chi connectivity index (χ0n) is 13.9. The third-order valence-electron chi connectivity index (χ3n) is 3.43. The van der Waals surface area contributed by atoms with Crippen LogP contribution in [0.3, 0.4) is 0 Å². The molecule has 0 aromatic heterocycles. The summed E-state index contributed by atoms with van der Waals surface area (Å²) >= 11 is 0. The van der Waals surface area contributed by atoms with E-state index >= 15 is 0 Å². The predicted molar refractivity (Wildman–Crippen MR) is 92.6 cm³/mol. The van der Waals surface area contributed by atoms with Crippen LogP contribution < -0.4 is 9.47 Å². The van der Waals surface area contributed by atoms with Gasteiger partial charge in [0.05, 0.1) is 13.7 Å². The fourth-order valence-corrected chi connectivity index (χ4v) is 2.20. The van der Waals surface area contributed by atoms with Crippen LogP contribution in [0, 0.1) is 0 Å². The molecule has 0 aliphatic carbocycles. The molecule has 6 heteroatoms. The Balaban J connectivity index is 2.24. The number of aromatic hydroxyl groups is 1. The average Bonchev–Trinajstić information content (AvgIpc) is 2.60. The van der Waals surface area contributed by atoms with Crippen molar-refractivity contribution in [1.82, 2.24) is 0 Å². The number of phenols is 1. The van der Waals surface area contributed by atoms with Gasteiger partial charge in [0.2, 0.25) is 0 Å². The van der Waals surface area contributed by atoms with Gasteiger partial charge in [-0.25, -0.2) is 4.79 Å². The summed E-state index contributed by atoms with van der Waals surface area (Å²) in [5.41, 5.74) is 0.678. The smallest absolute Gasteiger partial charge is 0.339 e. The summed E-state index contributed by atoms with van der Waals surface area (Å²) in [7, 11) is 1.52. The van der Waals surface area contributed by atoms with Gasteiger partial charge in [0, 0.05) is 5.56 Å². The summed E-state index contributed by atoms with van der Waals surface area (Å²) in [4.78, 5) is 23.3. The van der Waals surface area contributed by atoms with E-state index in [9.17, 15) is 14.7 Å². The van der Waals surface area contributed by atoms with Crippen LogP contribution in [0.15, 0.2) is 42.5 Å². The number of ketones is 1. The first-order valence-corrected chi connectivity index (χ1v) is 7.55. The highest BCUT2D eigenvalue weighted by molar-refractivity contribution is 6.07. The SMILES string of the molecule is CCOc1cc(C(=O)/C=C/c2ccc(O)c(C(=O)O)c2)ccc1OC. The molecule has 2 aromatic rings. The van der Waals surface area contributed by atoms with E-state index in [0.717, 1.165) is 0 Å². The molecule has 2 aromatic carbocycles. The molecule has 0 aliphatic heterocycles. The Morgan fingerprint density at radius 1 is 1.12 bits per heavy atom. The molecular weight excluding hydrogens is 324 g/mol. The average molecular weight is 342 g/mol. The fourth-order valence-electron chi connectivity index (χ4n) is 2.20. The lowest BCUT2D eigenvalue weighted by molar-refractivity contribution is 0.0693. The van der Waals surface area contributed by atoms with Crippen molar-refractivity contribution < 1.29 is 29.3 Å². The minimum absolute atomic E-state index is 0.224. The summed E-state index contributed by atoms with van der Waals surface area (Å²) in [6.45, 7) is 2.27. The van der Waals surface area contributed by atoms with Gasteiger partial charge < -0.3 is 19.7 Å². The van der Waals surface area contributed by atoms with Crippen LogP contribution in [-0.4, -0.2) is 35.7 Å². The minimum Gasteiger partial charge on any atom is -0.507 e. The maximum Gasteiger partial charge on any atom is 0.339 e. The molecule has 0 atom stereocenters. The highest BCUT2D eigenvalue weighted by Gasteiger charge is 2.11. The molecule has 0 unspecified atom stereocenters. The summed E-state index contributed by atoms with van der Waals surface area (Å²) < 4.78 is 10.6. The van der Waals surface area contributed by atoms with Gasteiger partial charge in [-0.3, -0.25) is 4.79 Å². The van der Waals surface area contributed by atoms with Crippen molar-refractivity contribution in [3.63, 3.8) is 0 Å². The molecule has 0 heterocycles. The van der Waals surface area contributed by atoms with E-state index in [-0.39, 0.29) is 17.1 Å². The zero-order chi connectivity index (χ0) is 18.4. The van der Waals surface area contributed by atoms with Gasteiger partial charge in [0.15, 0.2) is 17.3 Å². The molecule has 2 N–H and O–H groups in total. The van der Waals surface area contributed by atoms with E-state index in [2.05, 4.69) is 0 Å². The number of allylic oxidation sites excluding steroid dienone is 1. The summed E-state index contributed by atoms with van der Waals surface area (Å²) in [5, 5.41) is 18.5. The van der Waals surface area contributed by atoms with E-state index in [1.165, 1.54) is 37.5 Å². The lowest BCUT2D eigenvalue weighted by Crippen LogP contribution is -2.00. The second kappa shape index (κ2) is 8.01. The van der Waals surface area contributed by atoms with Gasteiger partial charge in [-0.05, 0) is 48.9 Å². The van der Waals surface area contributed by atoms with Crippen LogP contribution in [0.4, 0.5) is 0 Å². The van der Waals surface area contributed by atoms with E-state index in [1.54, 1.807) is 18.2 Å². The van der Waals surface area contributed by atoms with Crippen molar-refractivity contribution in [3.8, 4) is 17.2 Å². The van der Waals surface area contributed by atoms with Gasteiger partial charge in [-0.1, -0.05) is 12.1 Å². The first-order valence-electron chi connectivity index (χ1n) is 7.55. The van der Waals surface area contributed by atoms with Crippen LogP contribution in [0.2, 0.25) is 0 Å². The maximum atomic E-state index is 12.3. The van der Waals surface area contributed by atoms with Crippen molar-refractivity contribution in [2.45, 2.75) is 6.92 Å². The number of ether oxygens (including phenoxy) is 2. The van der Waals surface area contributed by atoms with Crippen molar-refractivity contribution in [3.05, 3.63) is 59.2 Å². The second-order valence-corrected chi connectivity index (χ2v) is 5.08. The molecule has 0 fully saturated rings. The molecule has 0 saturated carbocycles. The van der Waals surface area contributed by atoms with Gasteiger partial charge in [0.25, 0.3) is 0 Å². The molecule has 2 rings (SSSR count). The van der Waals surface area contributed by atoms with Crippen molar-refractivity contribution in [2.24, 2.45) is 0 Å². The number of hydrogen-bond acceptors (Lipinski definition) is 5. The number of carbonyl (C=O) groups excluding carboxylic acids is 1. The molecule has 130 valence electrons. The van der Waals surface area contributed by atoms with Crippen LogP contribution in [0.1, 0.15) is 33.2 Å². The topological polar surface area (TPSA) is 93.1 Å². The molecule has 0 saturated heterocycles. The Hall–Kier alpha value is -3.28. The number of hydrogen-bond donors (Lipinski definition) is 2. The van der Waals surface area contributed by atoms with E-state index < -0.39 is 5.97 Å². The maximum absolute atomic E-state index is 12.3. The van der Waals surface area contributed by atoms with Gasteiger partial charge >= 0.3 is 5.97 Å². The number of carbonyl (C=O) groups is 2. The number of carboxylic acids is 1. The van der Waals surface area contributed by atoms with Crippen LogP contribution >= 0.6 is 0 Å². The van der Waals surface area contributed by atoms with Gasteiger partial charge in [-0.2, -0.15) is 0 Å². The summed E-state index contributed by atoms with van der Waals surface area (Å²) in [6, 6.07) is 8.94. The second-order valence-electron chi connectivity index (χ2n) is 5.08. The summed E-state index contributed by atoms with van der Waals surface area (Å²) in [6.07, 6.45) is 2.81. The number of rotatable bonds is 7. The lowest BCUT2D eigenvalue weighted by Gasteiger charge is -2.09. The third-order valence-corrected chi connectivity index (χ3v) is 3.43. The largest absolute Gasteiger partial charge is 0.507 e. The number of benzene rings is 2. The Kier molecular flexibility index (Phi) is 5.79. The number of carboxylic acid groups (broad SMARTS) is 1. The Morgan fingerprint density at radius 3 is 2.52 bits per heavy atom. The molecule has 0 amide bonds. The lowest BCUT2D eigenvalue weighted by atomic mass is 10.1. The van der Waals surface area contributed by atoms with E-state index in [1.807, 2.05) is 6.92 Å². The quantitative estimate of drug-likeness (QED) is 0.592. The predicted octanol–water partition coefficient (Wildman–Crippen LogP) is 3.39. The highest BCUT2D eigenvalue weighted by atomic mass is 16.5. The van der Waals surface area contributed by atoms with Crippen LogP contribution in [-0.2, 0) is 0 Å². The Bertz CT molecular complexity index is 823. The molecular formula is C19H18O6. The molecule has 6 nitrogen and oxygen atoms in total. The number of methoxy groups -OCH3 is 1. The van der Waals surface area contributed by atoms with Gasteiger partial charge in [-0.15, -0.1) is 0 Å². The monoisotopic (exact) mass is 342 g/mol. The highest BCUT2D eigenvalue weighted by Crippen LogP contribution is 2.28. The minimum atomic E-state index is -1.24. The van der Waals surface area contributed by atoms with Crippen LogP contribution in [0.5, 0.6) is 17.2 Å². The first kappa shape index (κ1) is 18.1. The van der Waals surface area contributed by atoms with Crippen molar-refractivity contribution in [2.75, 3.05) is 13.7 Å². The summed E-state index contributed by atoms with van der Waals surface area (Å²) in [5.74, 6) is -0.828. The van der Waals surface area contributed by atoms with Crippen LogP contribution in [0.25, 0.3) is 6.08 Å². The van der Waals surface area contributed by atoms with E-state index in [0.29, 0.717) is 29.2 Å². The normalized spacial score (nSPS) is 10.6. The molecule has 0 spiro atoms. The zero-order valence-corrected chi connectivity index (χ0v) is 13.9. The molecule has 25 heavy (non-hydrogen) atoms. The third kappa shape index (κ3) is 4.38. The van der Waals surface area contributed by atoms with Crippen molar-refractivity contribution in [1.29, 1.82) is 0 Å². The fraction of sp³-hybridized carbons (Fsp3) is 0.158. The standard InChI is InChI=1S/C19H18O6/c1-3-25-18-11-13(6-9-17(18)24-2)15(20)7-4-12-5-8-16(21)14(10-12)19(22)23/h4-11,21H,3H2,1-2H3,(H,22,23)/b7-4+. The Morgan fingerprint density at radius 2 is 1.88 bits per heavy atom. The Labute approximate surface area is 144 Å². The molecule has 0 radical (unpaired) electrons.